The van der Waals surface area contributed by atoms with Gasteiger partial charge in [-0.2, -0.15) is 0 Å². The van der Waals surface area contributed by atoms with Crippen molar-refractivity contribution >= 4 is 65.7 Å². The van der Waals surface area contributed by atoms with E-state index in [4.69, 9.17) is 8.83 Å². The number of hydrogen-bond acceptors (Lipinski definition) is 2. The van der Waals surface area contributed by atoms with E-state index >= 15 is 0 Å². The number of benzene rings is 8. The quantitative estimate of drug-likeness (QED) is 0.190. The highest BCUT2D eigenvalue weighted by Gasteiger charge is 2.16. The second-order valence-corrected chi connectivity index (χ2v) is 13.3. The van der Waals surface area contributed by atoms with Crippen LogP contribution in [0.5, 0.6) is 0 Å². The Morgan fingerprint density at radius 2 is 0.882 bits per heavy atom. The molecule has 0 fully saturated rings. The van der Waals surface area contributed by atoms with Crippen LogP contribution >= 0.6 is 0 Å². The van der Waals surface area contributed by atoms with Crippen LogP contribution in [-0.2, 0) is 0 Å². The molecule has 0 N–H and O–H groups in total. The molecule has 3 heterocycles. The Morgan fingerprint density at radius 3 is 1.75 bits per heavy atom. The molecular formula is C48H29NO2. The van der Waals surface area contributed by atoms with Crippen molar-refractivity contribution < 1.29 is 8.83 Å². The molecule has 0 atom stereocenters. The maximum Gasteiger partial charge on any atom is 0.143 e. The predicted molar refractivity (Wildman–Crippen MR) is 212 cm³/mol. The highest BCUT2D eigenvalue weighted by atomic mass is 16.3. The molecule has 0 radical (unpaired) electrons. The summed E-state index contributed by atoms with van der Waals surface area (Å²) in [6.45, 7) is 0. The second kappa shape index (κ2) is 10.8. The molecule has 8 aromatic carbocycles. The highest BCUT2D eigenvalue weighted by Crippen LogP contribution is 2.40. The number of aromatic nitrogens is 1. The molecule has 51 heavy (non-hydrogen) atoms. The van der Waals surface area contributed by atoms with Crippen molar-refractivity contribution in [1.29, 1.82) is 0 Å². The SMILES string of the molecule is c1ccc(-n2c3ccccc3c3cc(-c4cccc(-c5ccc6oc7c(-c8ccc9oc%10ccccc%10c9c8)cccc7c6c5)c4)ccc32)cc1. The van der Waals surface area contributed by atoms with Gasteiger partial charge in [0.15, 0.2) is 0 Å². The summed E-state index contributed by atoms with van der Waals surface area (Å²) < 4.78 is 15.0. The summed E-state index contributed by atoms with van der Waals surface area (Å²) in [6, 6.07) is 62.6. The van der Waals surface area contributed by atoms with Gasteiger partial charge in [0.2, 0.25) is 0 Å². The second-order valence-electron chi connectivity index (χ2n) is 13.3. The zero-order chi connectivity index (χ0) is 33.5. The van der Waals surface area contributed by atoms with Gasteiger partial charge in [0.1, 0.15) is 22.3 Å². The minimum absolute atomic E-state index is 0.882. The summed E-state index contributed by atoms with van der Waals surface area (Å²) >= 11 is 0. The summed E-state index contributed by atoms with van der Waals surface area (Å²) in [5, 5.41) is 6.96. The smallest absolute Gasteiger partial charge is 0.143 e. The van der Waals surface area contributed by atoms with Crippen molar-refractivity contribution in [2.75, 3.05) is 0 Å². The van der Waals surface area contributed by atoms with Gasteiger partial charge >= 0.3 is 0 Å². The first-order valence-corrected chi connectivity index (χ1v) is 17.3. The lowest BCUT2D eigenvalue weighted by Gasteiger charge is -2.09. The van der Waals surface area contributed by atoms with Crippen molar-refractivity contribution in [3.63, 3.8) is 0 Å². The molecule has 3 aromatic heterocycles. The van der Waals surface area contributed by atoms with Crippen LogP contribution in [0.2, 0.25) is 0 Å². The number of nitrogens with zero attached hydrogens (tertiary/aromatic N) is 1. The number of furan rings is 2. The molecule has 0 saturated carbocycles. The molecule has 3 heteroatoms. The lowest BCUT2D eigenvalue weighted by Crippen LogP contribution is -1.92. The first kappa shape index (κ1) is 28.0. The molecule has 0 amide bonds. The van der Waals surface area contributed by atoms with Crippen molar-refractivity contribution in [2.45, 2.75) is 0 Å². The van der Waals surface area contributed by atoms with Crippen LogP contribution in [0.25, 0.3) is 105 Å². The van der Waals surface area contributed by atoms with Gasteiger partial charge in [-0.1, -0.05) is 109 Å². The molecule has 238 valence electrons. The Morgan fingerprint density at radius 1 is 0.314 bits per heavy atom. The molecule has 3 nitrogen and oxygen atoms in total. The summed E-state index contributed by atoms with van der Waals surface area (Å²) in [4.78, 5) is 0. The van der Waals surface area contributed by atoms with Gasteiger partial charge < -0.3 is 13.4 Å². The third kappa shape index (κ3) is 4.32. The fourth-order valence-corrected chi connectivity index (χ4v) is 7.99. The van der Waals surface area contributed by atoms with E-state index in [1.165, 1.54) is 44.2 Å². The molecule has 0 aliphatic carbocycles. The maximum absolute atomic E-state index is 6.59. The molecule has 11 aromatic rings. The van der Waals surface area contributed by atoms with Gasteiger partial charge in [0.05, 0.1) is 11.0 Å². The number of hydrogen-bond donors (Lipinski definition) is 0. The minimum Gasteiger partial charge on any atom is -0.456 e. The lowest BCUT2D eigenvalue weighted by molar-refractivity contribution is 0.668. The van der Waals surface area contributed by atoms with Crippen LogP contribution in [-0.4, -0.2) is 4.57 Å². The minimum atomic E-state index is 0.882. The van der Waals surface area contributed by atoms with Crippen LogP contribution in [0.15, 0.2) is 185 Å². The third-order valence-electron chi connectivity index (χ3n) is 10.4. The van der Waals surface area contributed by atoms with Gasteiger partial charge in [-0.25, -0.2) is 0 Å². The Kier molecular flexibility index (Phi) is 5.96. The van der Waals surface area contributed by atoms with Crippen LogP contribution < -0.4 is 0 Å². The number of fused-ring (bicyclic) bond motifs is 9. The van der Waals surface area contributed by atoms with E-state index in [1.807, 2.05) is 12.1 Å². The molecule has 0 spiro atoms. The van der Waals surface area contributed by atoms with E-state index in [-0.39, 0.29) is 0 Å². The molecule has 0 aliphatic heterocycles. The Balaban J connectivity index is 1.00. The average molecular weight is 652 g/mol. The topological polar surface area (TPSA) is 31.2 Å². The van der Waals surface area contributed by atoms with Crippen molar-refractivity contribution in [3.05, 3.63) is 176 Å². The summed E-state index contributed by atoms with van der Waals surface area (Å²) in [5.74, 6) is 0. The van der Waals surface area contributed by atoms with Crippen molar-refractivity contribution in [3.8, 4) is 39.1 Å². The average Bonchev–Trinajstić information content (AvgIpc) is 3.87. The summed E-state index contributed by atoms with van der Waals surface area (Å²) in [7, 11) is 0. The zero-order valence-electron chi connectivity index (χ0n) is 27.5. The van der Waals surface area contributed by atoms with E-state index in [1.54, 1.807) is 0 Å². The predicted octanol–water partition coefficient (Wildman–Crippen LogP) is 13.6. The monoisotopic (exact) mass is 651 g/mol. The van der Waals surface area contributed by atoms with Gasteiger partial charge in [0, 0.05) is 43.6 Å². The van der Waals surface area contributed by atoms with Gasteiger partial charge in [0.25, 0.3) is 0 Å². The van der Waals surface area contributed by atoms with Crippen LogP contribution in [0.4, 0.5) is 0 Å². The van der Waals surface area contributed by atoms with Crippen molar-refractivity contribution in [1.82, 2.24) is 4.57 Å². The van der Waals surface area contributed by atoms with Crippen molar-refractivity contribution in [2.24, 2.45) is 0 Å². The van der Waals surface area contributed by atoms with E-state index in [0.29, 0.717) is 0 Å². The summed E-state index contributed by atoms with van der Waals surface area (Å²) in [6.07, 6.45) is 0. The van der Waals surface area contributed by atoms with Crippen LogP contribution in [0.1, 0.15) is 0 Å². The molecule has 0 aliphatic rings. The Bertz CT molecular complexity index is 3140. The zero-order valence-corrected chi connectivity index (χ0v) is 27.5. The first-order valence-electron chi connectivity index (χ1n) is 17.3. The third-order valence-corrected chi connectivity index (χ3v) is 10.4. The van der Waals surface area contributed by atoms with E-state index in [0.717, 1.165) is 60.6 Å². The Hall–Kier alpha value is -6.84. The molecule has 0 bridgehead atoms. The number of rotatable bonds is 4. The molecule has 11 rings (SSSR count). The molecular weight excluding hydrogens is 623 g/mol. The van der Waals surface area contributed by atoms with Gasteiger partial charge in [-0.15, -0.1) is 0 Å². The fourth-order valence-electron chi connectivity index (χ4n) is 7.99. The fraction of sp³-hybridized carbons (Fsp3) is 0. The lowest BCUT2D eigenvalue weighted by atomic mass is 9.96. The highest BCUT2D eigenvalue weighted by molar-refractivity contribution is 6.13. The number of para-hydroxylation sites is 4. The maximum atomic E-state index is 6.59. The van der Waals surface area contributed by atoms with E-state index in [2.05, 4.69) is 168 Å². The van der Waals surface area contributed by atoms with Gasteiger partial charge in [-0.05, 0) is 94.5 Å². The molecule has 0 saturated heterocycles. The van der Waals surface area contributed by atoms with E-state index in [9.17, 15) is 0 Å². The standard InChI is InChI=1S/C48H29NO2/c1-2-12-35(13-3-1)49-43-18-6-4-14-37(43)40-27-32(20-23-44(40)49)30-10-8-11-31(26-30)33-21-24-47-42(28-33)39-17-9-16-36(48(39)51-47)34-22-25-46-41(29-34)38-15-5-7-19-45(38)50-46/h1-29H. The summed E-state index contributed by atoms with van der Waals surface area (Å²) in [5.41, 5.74) is 14.0. The normalized spacial score (nSPS) is 11.9. The van der Waals surface area contributed by atoms with Gasteiger partial charge in [-0.3, -0.25) is 0 Å². The van der Waals surface area contributed by atoms with Crippen LogP contribution in [0, 0.1) is 0 Å². The Labute approximate surface area is 293 Å². The first-order chi connectivity index (χ1) is 25.3. The van der Waals surface area contributed by atoms with E-state index < -0.39 is 0 Å². The largest absolute Gasteiger partial charge is 0.456 e. The molecule has 0 unspecified atom stereocenters. The van der Waals surface area contributed by atoms with Crippen LogP contribution in [0.3, 0.4) is 0 Å².